The van der Waals surface area contributed by atoms with Crippen LogP contribution in [-0.4, -0.2) is 36.5 Å². The van der Waals surface area contributed by atoms with Gasteiger partial charge in [-0.1, -0.05) is 6.07 Å². The Kier molecular flexibility index (Phi) is 5.61. The molecule has 3 heterocycles. The predicted molar refractivity (Wildman–Crippen MR) is 121 cm³/mol. The van der Waals surface area contributed by atoms with Crippen LogP contribution in [0, 0.1) is 6.92 Å². The minimum atomic E-state index is -0.173. The van der Waals surface area contributed by atoms with E-state index in [0.29, 0.717) is 22.8 Å². The molecule has 8 heteroatoms. The number of hydrogen-bond acceptors (Lipinski definition) is 7. The van der Waals surface area contributed by atoms with Gasteiger partial charge in [0.1, 0.15) is 5.69 Å². The number of ether oxygens (including phenoxy) is 3. The molecular weight excluding hydrogens is 420 g/mol. The Labute approximate surface area is 182 Å². The van der Waals surface area contributed by atoms with Crippen LogP contribution in [0.2, 0.25) is 0 Å². The van der Waals surface area contributed by atoms with E-state index >= 15 is 0 Å². The van der Waals surface area contributed by atoms with Crippen molar-refractivity contribution in [3.05, 3.63) is 58.1 Å². The van der Waals surface area contributed by atoms with Gasteiger partial charge in [0.05, 0.1) is 31.9 Å². The first-order valence-electron chi connectivity index (χ1n) is 9.10. The van der Waals surface area contributed by atoms with Crippen LogP contribution in [0.1, 0.15) is 20.9 Å². The van der Waals surface area contributed by atoms with Gasteiger partial charge in [0.25, 0.3) is 0 Å². The second-order valence-corrected chi connectivity index (χ2v) is 8.59. The number of thiazole rings is 1. The second-order valence-electron chi connectivity index (χ2n) is 6.43. The largest absolute Gasteiger partial charge is 0.493 e. The number of rotatable bonds is 7. The SMILES string of the molecule is COc1cc(C(=O)/C=C/c2c(-c3cccs3)nc3sc(C)cn23)cc(OC)c1OC. The van der Waals surface area contributed by atoms with Gasteiger partial charge in [-0.15, -0.1) is 22.7 Å². The lowest BCUT2D eigenvalue weighted by molar-refractivity contribution is 0.104. The summed E-state index contributed by atoms with van der Waals surface area (Å²) >= 11 is 3.24. The van der Waals surface area contributed by atoms with E-state index in [9.17, 15) is 4.79 Å². The molecule has 0 saturated heterocycles. The van der Waals surface area contributed by atoms with Crippen molar-refractivity contribution in [3.63, 3.8) is 0 Å². The standard InChI is InChI=1S/C22H20N2O4S2/c1-13-12-24-15(20(23-22(24)30-13)19-6-5-9-29-19)7-8-16(25)14-10-17(26-2)21(28-4)18(11-14)27-3/h5-12H,1-4H3/b8-7+. The third kappa shape index (κ3) is 3.59. The van der Waals surface area contributed by atoms with E-state index in [-0.39, 0.29) is 5.78 Å². The van der Waals surface area contributed by atoms with Crippen LogP contribution in [0.25, 0.3) is 21.6 Å². The molecule has 30 heavy (non-hydrogen) atoms. The molecule has 4 rings (SSSR count). The molecule has 0 aliphatic heterocycles. The number of benzene rings is 1. The molecule has 0 unspecified atom stereocenters. The number of allylic oxidation sites excluding steroid dienone is 1. The zero-order valence-electron chi connectivity index (χ0n) is 17.0. The van der Waals surface area contributed by atoms with E-state index in [0.717, 1.165) is 26.1 Å². The summed E-state index contributed by atoms with van der Waals surface area (Å²) in [6.45, 7) is 2.04. The van der Waals surface area contributed by atoms with Crippen molar-refractivity contribution in [3.8, 4) is 27.8 Å². The number of carbonyl (C=O) groups excluding carboxylic acids is 1. The van der Waals surface area contributed by atoms with Crippen LogP contribution in [0.3, 0.4) is 0 Å². The molecule has 0 fully saturated rings. The van der Waals surface area contributed by atoms with Gasteiger partial charge < -0.3 is 14.2 Å². The van der Waals surface area contributed by atoms with Gasteiger partial charge in [0.2, 0.25) is 5.75 Å². The Morgan fingerprint density at radius 3 is 2.47 bits per heavy atom. The summed E-state index contributed by atoms with van der Waals surface area (Å²) < 4.78 is 18.1. The molecule has 4 aromatic rings. The molecule has 154 valence electrons. The van der Waals surface area contributed by atoms with Crippen molar-refractivity contribution in [1.29, 1.82) is 0 Å². The van der Waals surface area contributed by atoms with Gasteiger partial charge in [0, 0.05) is 16.6 Å². The number of methoxy groups -OCH3 is 3. The summed E-state index contributed by atoms with van der Waals surface area (Å²) in [5, 5.41) is 2.02. The lowest BCUT2D eigenvalue weighted by atomic mass is 10.1. The number of imidazole rings is 1. The van der Waals surface area contributed by atoms with E-state index in [4.69, 9.17) is 19.2 Å². The van der Waals surface area contributed by atoms with Gasteiger partial charge in [-0.25, -0.2) is 4.98 Å². The first kappa shape index (κ1) is 20.2. The van der Waals surface area contributed by atoms with Gasteiger partial charge in [0.15, 0.2) is 22.2 Å². The fourth-order valence-corrected chi connectivity index (χ4v) is 4.76. The van der Waals surface area contributed by atoms with Crippen LogP contribution in [0.15, 0.2) is 41.9 Å². The first-order chi connectivity index (χ1) is 14.5. The molecule has 0 saturated carbocycles. The van der Waals surface area contributed by atoms with Crippen molar-refractivity contribution >= 4 is 39.5 Å². The molecule has 0 radical (unpaired) electrons. The van der Waals surface area contributed by atoms with Crippen LogP contribution >= 0.6 is 22.7 Å². The number of hydrogen-bond donors (Lipinski definition) is 0. The summed E-state index contributed by atoms with van der Waals surface area (Å²) in [5.74, 6) is 1.15. The number of aromatic nitrogens is 2. The average molecular weight is 441 g/mol. The molecule has 3 aromatic heterocycles. The molecule has 0 N–H and O–H groups in total. The number of thiophene rings is 1. The quantitative estimate of drug-likeness (QED) is 0.286. The van der Waals surface area contributed by atoms with Gasteiger partial charge in [-0.05, 0) is 42.7 Å². The third-order valence-corrected chi connectivity index (χ3v) is 6.35. The van der Waals surface area contributed by atoms with Gasteiger partial charge in [-0.2, -0.15) is 0 Å². The Bertz CT molecular complexity index is 1210. The molecule has 6 nitrogen and oxygen atoms in total. The van der Waals surface area contributed by atoms with Gasteiger partial charge in [-0.3, -0.25) is 9.20 Å². The molecule has 0 bridgehead atoms. The number of ketones is 1. The maximum atomic E-state index is 13.0. The van der Waals surface area contributed by atoms with Crippen LogP contribution < -0.4 is 14.2 Å². The number of fused-ring (bicyclic) bond motifs is 1. The Morgan fingerprint density at radius 2 is 1.87 bits per heavy atom. The molecule has 1 aromatic carbocycles. The maximum absolute atomic E-state index is 13.0. The van der Waals surface area contributed by atoms with Crippen LogP contribution in [-0.2, 0) is 0 Å². The van der Waals surface area contributed by atoms with E-state index < -0.39 is 0 Å². The first-order valence-corrected chi connectivity index (χ1v) is 10.8. The molecule has 0 spiro atoms. The highest BCUT2D eigenvalue weighted by atomic mass is 32.1. The van der Waals surface area contributed by atoms with E-state index in [1.54, 1.807) is 40.9 Å². The zero-order valence-corrected chi connectivity index (χ0v) is 18.6. The Hall–Kier alpha value is -3.10. The number of carbonyl (C=O) groups is 1. The number of aryl methyl sites for hydroxylation is 1. The maximum Gasteiger partial charge on any atom is 0.203 e. The second kappa shape index (κ2) is 8.33. The molecule has 0 amide bonds. The van der Waals surface area contributed by atoms with Crippen molar-refractivity contribution in [2.24, 2.45) is 0 Å². The zero-order chi connectivity index (χ0) is 21.3. The van der Waals surface area contributed by atoms with Gasteiger partial charge >= 0.3 is 0 Å². The lowest BCUT2D eigenvalue weighted by Crippen LogP contribution is -2.00. The summed E-state index contributed by atoms with van der Waals surface area (Å²) in [6.07, 6.45) is 5.40. The average Bonchev–Trinajstić information content (AvgIpc) is 3.47. The topological polar surface area (TPSA) is 62.1 Å². The number of nitrogens with zero attached hydrogens (tertiary/aromatic N) is 2. The van der Waals surface area contributed by atoms with Crippen molar-refractivity contribution in [2.45, 2.75) is 6.92 Å². The smallest absolute Gasteiger partial charge is 0.203 e. The lowest BCUT2D eigenvalue weighted by Gasteiger charge is -2.13. The Morgan fingerprint density at radius 1 is 1.13 bits per heavy atom. The van der Waals surface area contributed by atoms with E-state index in [1.165, 1.54) is 21.3 Å². The summed E-state index contributed by atoms with van der Waals surface area (Å²) in [5.41, 5.74) is 2.18. The summed E-state index contributed by atoms with van der Waals surface area (Å²) in [4.78, 5) is 20.8. The fourth-order valence-electron chi connectivity index (χ4n) is 3.20. The highest BCUT2D eigenvalue weighted by Crippen LogP contribution is 2.38. The molecule has 0 aliphatic carbocycles. The fraction of sp³-hybridized carbons (Fsp3) is 0.182. The van der Waals surface area contributed by atoms with E-state index in [1.807, 2.05) is 41.1 Å². The van der Waals surface area contributed by atoms with Crippen LogP contribution in [0.4, 0.5) is 0 Å². The van der Waals surface area contributed by atoms with Crippen molar-refractivity contribution in [1.82, 2.24) is 9.38 Å². The third-order valence-electron chi connectivity index (χ3n) is 4.58. The van der Waals surface area contributed by atoms with E-state index in [2.05, 4.69) is 0 Å². The molecular formula is C22H20N2O4S2. The van der Waals surface area contributed by atoms with Crippen LogP contribution in [0.5, 0.6) is 17.2 Å². The molecule has 0 atom stereocenters. The molecule has 0 aliphatic rings. The minimum absolute atomic E-state index is 0.173. The normalized spacial score (nSPS) is 11.3. The summed E-state index contributed by atoms with van der Waals surface area (Å²) in [6, 6.07) is 7.32. The van der Waals surface area contributed by atoms with Crippen molar-refractivity contribution < 1.29 is 19.0 Å². The highest BCUT2D eigenvalue weighted by molar-refractivity contribution is 7.17. The monoisotopic (exact) mass is 440 g/mol. The predicted octanol–water partition coefficient (Wildman–Crippen LogP) is 5.35. The van der Waals surface area contributed by atoms with Crippen molar-refractivity contribution in [2.75, 3.05) is 21.3 Å². The minimum Gasteiger partial charge on any atom is -0.493 e. The highest BCUT2D eigenvalue weighted by Gasteiger charge is 2.18. The Balaban J connectivity index is 1.75. The summed E-state index contributed by atoms with van der Waals surface area (Å²) in [7, 11) is 4.58.